The van der Waals surface area contributed by atoms with Gasteiger partial charge in [-0.3, -0.25) is 4.79 Å². The normalized spacial score (nSPS) is 10.3. The van der Waals surface area contributed by atoms with E-state index >= 15 is 0 Å². The zero-order chi connectivity index (χ0) is 26.4. The zero-order valence-corrected chi connectivity index (χ0v) is 19.4. The molecule has 0 saturated heterocycles. The van der Waals surface area contributed by atoms with Gasteiger partial charge in [0.25, 0.3) is 5.91 Å². The summed E-state index contributed by atoms with van der Waals surface area (Å²) < 4.78 is 0. The zero-order valence-electron chi connectivity index (χ0n) is 19.4. The molecule has 0 spiro atoms. The molecule has 0 aliphatic carbocycles. The van der Waals surface area contributed by atoms with E-state index in [2.05, 4.69) is 36.2 Å². The minimum atomic E-state index is -1.04. The van der Waals surface area contributed by atoms with Crippen molar-refractivity contribution in [1.29, 1.82) is 0 Å². The van der Waals surface area contributed by atoms with Crippen molar-refractivity contribution in [3.8, 4) is 0 Å². The Labute approximate surface area is 210 Å². The van der Waals surface area contributed by atoms with E-state index in [1.165, 1.54) is 24.3 Å². The number of rotatable bonds is 9. The molecular formula is C25H21N7O5. The topological polar surface area (TPSA) is 178 Å². The van der Waals surface area contributed by atoms with Gasteiger partial charge < -0.3 is 31.5 Å². The van der Waals surface area contributed by atoms with Crippen LogP contribution in [0.25, 0.3) is 0 Å². The van der Waals surface area contributed by atoms with E-state index in [4.69, 9.17) is 10.2 Å². The van der Waals surface area contributed by atoms with Gasteiger partial charge in [0.1, 0.15) is 0 Å². The van der Waals surface area contributed by atoms with Crippen molar-refractivity contribution in [3.63, 3.8) is 0 Å². The summed E-state index contributed by atoms with van der Waals surface area (Å²) in [6, 6.07) is 18.8. The summed E-state index contributed by atoms with van der Waals surface area (Å²) in [5.41, 5.74) is 2.48. The fourth-order valence-electron chi connectivity index (χ4n) is 3.17. The lowest BCUT2D eigenvalue weighted by molar-refractivity contribution is 0.0686. The van der Waals surface area contributed by atoms with E-state index in [0.717, 1.165) is 0 Å². The number of carboxylic acid groups (broad SMARTS) is 2. The highest BCUT2D eigenvalue weighted by Gasteiger charge is 2.11. The highest BCUT2D eigenvalue weighted by atomic mass is 16.4. The highest BCUT2D eigenvalue weighted by molar-refractivity contribution is 5.94. The van der Waals surface area contributed by atoms with Gasteiger partial charge in [-0.1, -0.05) is 0 Å². The van der Waals surface area contributed by atoms with E-state index in [9.17, 15) is 14.4 Å². The maximum Gasteiger partial charge on any atom is 0.335 e. The molecule has 0 atom stereocenters. The molecule has 37 heavy (non-hydrogen) atoms. The lowest BCUT2D eigenvalue weighted by atomic mass is 10.2. The average Bonchev–Trinajstić information content (AvgIpc) is 2.89. The number of nitrogens with one attached hydrogen (secondary N) is 4. The van der Waals surface area contributed by atoms with Crippen LogP contribution in [0.5, 0.6) is 0 Å². The van der Waals surface area contributed by atoms with Crippen LogP contribution >= 0.6 is 0 Å². The third kappa shape index (κ3) is 6.33. The number of hydrogen-bond acceptors (Lipinski definition) is 9. The number of amides is 1. The van der Waals surface area contributed by atoms with Gasteiger partial charge in [-0.15, -0.1) is 0 Å². The molecule has 1 heterocycles. The van der Waals surface area contributed by atoms with Crippen LogP contribution in [0, 0.1) is 0 Å². The summed E-state index contributed by atoms with van der Waals surface area (Å²) in [5, 5.41) is 29.8. The van der Waals surface area contributed by atoms with Gasteiger partial charge in [0, 0.05) is 29.7 Å². The standard InChI is InChI=1S/C25H21N7O5/c1-26-20(33)14-2-8-17(9-3-14)27-23-30-24(28-18-10-4-15(5-11-18)21(34)35)32-25(31-23)29-19-12-6-16(7-13-19)22(36)37/h2-13H,1H3,(H,26,33)(H,34,35)(H,36,37)(H3,27,28,29,30,31,32). The molecule has 0 unspecified atom stereocenters. The fraction of sp³-hybridized carbons (Fsp3) is 0.0400. The molecular weight excluding hydrogens is 478 g/mol. The number of hydrogen-bond donors (Lipinski definition) is 6. The van der Waals surface area contributed by atoms with Crippen LogP contribution in [0.15, 0.2) is 72.8 Å². The molecule has 186 valence electrons. The van der Waals surface area contributed by atoms with Crippen LogP contribution < -0.4 is 21.3 Å². The number of anilines is 6. The molecule has 4 aromatic rings. The van der Waals surface area contributed by atoms with Crippen molar-refractivity contribution in [2.24, 2.45) is 0 Å². The van der Waals surface area contributed by atoms with Gasteiger partial charge in [-0.05, 0) is 72.8 Å². The molecule has 3 aromatic carbocycles. The van der Waals surface area contributed by atoms with Crippen LogP contribution in [0.2, 0.25) is 0 Å². The van der Waals surface area contributed by atoms with E-state index in [-0.39, 0.29) is 34.9 Å². The molecule has 0 aliphatic heterocycles. The monoisotopic (exact) mass is 499 g/mol. The van der Waals surface area contributed by atoms with Crippen molar-refractivity contribution >= 4 is 52.8 Å². The van der Waals surface area contributed by atoms with Gasteiger partial charge in [0.15, 0.2) is 0 Å². The lowest BCUT2D eigenvalue weighted by Gasteiger charge is -2.12. The van der Waals surface area contributed by atoms with E-state index in [1.54, 1.807) is 55.6 Å². The van der Waals surface area contributed by atoms with Gasteiger partial charge in [0.2, 0.25) is 17.8 Å². The van der Waals surface area contributed by atoms with Crippen molar-refractivity contribution in [2.75, 3.05) is 23.0 Å². The number of aromatic nitrogens is 3. The second kappa shape index (κ2) is 10.8. The number of aromatic carboxylic acids is 2. The Hall–Kier alpha value is -5.52. The first-order chi connectivity index (χ1) is 17.8. The Morgan fingerprint density at radius 1 is 0.541 bits per heavy atom. The molecule has 0 radical (unpaired) electrons. The number of nitrogens with zero attached hydrogens (tertiary/aromatic N) is 3. The van der Waals surface area contributed by atoms with Crippen LogP contribution in [-0.4, -0.2) is 50.1 Å². The maximum atomic E-state index is 11.8. The summed E-state index contributed by atoms with van der Waals surface area (Å²) in [7, 11) is 1.55. The Kier molecular flexibility index (Phi) is 7.19. The lowest BCUT2D eigenvalue weighted by Crippen LogP contribution is -2.17. The number of carbonyl (C=O) groups is 3. The van der Waals surface area contributed by atoms with E-state index in [0.29, 0.717) is 22.6 Å². The Morgan fingerprint density at radius 3 is 1.11 bits per heavy atom. The third-order valence-corrected chi connectivity index (χ3v) is 5.04. The number of benzene rings is 3. The smallest absolute Gasteiger partial charge is 0.335 e. The first-order valence-corrected chi connectivity index (χ1v) is 10.9. The minimum absolute atomic E-state index is 0.135. The Bertz CT molecular complexity index is 1360. The van der Waals surface area contributed by atoms with E-state index in [1.807, 2.05) is 0 Å². The van der Waals surface area contributed by atoms with Crippen LogP contribution in [0.3, 0.4) is 0 Å². The van der Waals surface area contributed by atoms with Gasteiger partial charge in [0.05, 0.1) is 11.1 Å². The number of carbonyl (C=O) groups excluding carboxylic acids is 1. The van der Waals surface area contributed by atoms with Gasteiger partial charge in [-0.2, -0.15) is 15.0 Å². The molecule has 1 amide bonds. The predicted octanol–water partition coefficient (Wildman–Crippen LogP) is 3.86. The SMILES string of the molecule is CNC(=O)c1ccc(Nc2nc(Nc3ccc(C(=O)O)cc3)nc(Nc3ccc(C(=O)O)cc3)n2)cc1. The molecule has 12 heteroatoms. The number of carboxylic acids is 2. The summed E-state index contributed by atoms with van der Waals surface area (Å²) in [5.74, 6) is -1.80. The van der Waals surface area contributed by atoms with Crippen molar-refractivity contribution in [3.05, 3.63) is 89.5 Å². The summed E-state index contributed by atoms with van der Waals surface area (Å²) in [6.07, 6.45) is 0. The molecule has 1 aromatic heterocycles. The molecule has 4 rings (SSSR count). The first-order valence-electron chi connectivity index (χ1n) is 10.9. The minimum Gasteiger partial charge on any atom is -0.478 e. The molecule has 0 aliphatic rings. The van der Waals surface area contributed by atoms with E-state index < -0.39 is 11.9 Å². The van der Waals surface area contributed by atoms with Crippen molar-refractivity contribution in [2.45, 2.75) is 0 Å². The Balaban J connectivity index is 1.62. The average molecular weight is 499 g/mol. The predicted molar refractivity (Wildman–Crippen MR) is 136 cm³/mol. The van der Waals surface area contributed by atoms with Crippen molar-refractivity contribution in [1.82, 2.24) is 20.3 Å². The molecule has 0 saturated carbocycles. The molecule has 12 nitrogen and oxygen atoms in total. The highest BCUT2D eigenvalue weighted by Crippen LogP contribution is 2.22. The second-order valence-electron chi connectivity index (χ2n) is 7.60. The largest absolute Gasteiger partial charge is 0.478 e. The molecule has 0 fully saturated rings. The van der Waals surface area contributed by atoms with Gasteiger partial charge >= 0.3 is 11.9 Å². The summed E-state index contributed by atoms with van der Waals surface area (Å²) >= 11 is 0. The van der Waals surface area contributed by atoms with Crippen LogP contribution in [0.4, 0.5) is 34.9 Å². The Morgan fingerprint density at radius 2 is 0.838 bits per heavy atom. The maximum absolute atomic E-state index is 11.8. The van der Waals surface area contributed by atoms with Gasteiger partial charge in [-0.25, -0.2) is 9.59 Å². The summed E-state index contributed by atoms with van der Waals surface area (Å²) in [6.45, 7) is 0. The molecule has 6 N–H and O–H groups in total. The third-order valence-electron chi connectivity index (χ3n) is 5.04. The van der Waals surface area contributed by atoms with Crippen LogP contribution in [0.1, 0.15) is 31.1 Å². The summed E-state index contributed by atoms with van der Waals surface area (Å²) in [4.78, 5) is 47.1. The second-order valence-corrected chi connectivity index (χ2v) is 7.60. The van der Waals surface area contributed by atoms with Crippen LogP contribution in [-0.2, 0) is 0 Å². The quantitative estimate of drug-likeness (QED) is 0.197. The fourth-order valence-corrected chi connectivity index (χ4v) is 3.17. The van der Waals surface area contributed by atoms with Crippen molar-refractivity contribution < 1.29 is 24.6 Å². The first kappa shape index (κ1) is 24.6. The molecule has 0 bridgehead atoms.